The van der Waals surface area contributed by atoms with Gasteiger partial charge >= 0.3 is 6.09 Å². The van der Waals surface area contributed by atoms with E-state index < -0.39 is 6.09 Å². The highest BCUT2D eigenvalue weighted by molar-refractivity contribution is 6.07. The predicted molar refractivity (Wildman–Crippen MR) is 121 cm³/mol. The first kappa shape index (κ1) is 23.3. The first-order valence-electron chi connectivity index (χ1n) is 10.5. The van der Waals surface area contributed by atoms with Crippen molar-refractivity contribution < 1.29 is 19.1 Å². The average Bonchev–Trinajstić information content (AvgIpc) is 2.75. The smallest absolute Gasteiger partial charge is 0.415 e. The van der Waals surface area contributed by atoms with E-state index in [0.29, 0.717) is 49.3 Å². The molecule has 0 N–H and O–H groups in total. The van der Waals surface area contributed by atoms with Crippen LogP contribution in [0.1, 0.15) is 43.6 Å². The number of benzene rings is 2. The zero-order valence-electron chi connectivity index (χ0n) is 18.7. The molecule has 0 aliphatic carbocycles. The van der Waals surface area contributed by atoms with Crippen LogP contribution in [0.4, 0.5) is 4.79 Å². The van der Waals surface area contributed by atoms with Crippen LogP contribution in [-0.2, 0) is 6.42 Å². The highest BCUT2D eigenvalue weighted by Crippen LogP contribution is 2.38. The average molecular weight is 413 g/mol. The van der Waals surface area contributed by atoms with E-state index in [9.17, 15) is 9.59 Å². The summed E-state index contributed by atoms with van der Waals surface area (Å²) in [5.41, 5.74) is 1.15. The molecule has 0 atom stereocenters. The Morgan fingerprint density at radius 1 is 1.00 bits per heavy atom. The maximum Gasteiger partial charge on any atom is 0.415 e. The van der Waals surface area contributed by atoms with Gasteiger partial charge < -0.3 is 19.3 Å². The van der Waals surface area contributed by atoms with E-state index in [1.165, 1.54) is 0 Å². The van der Waals surface area contributed by atoms with Crippen molar-refractivity contribution in [1.82, 2.24) is 9.80 Å². The van der Waals surface area contributed by atoms with Crippen LogP contribution in [0.25, 0.3) is 10.8 Å². The minimum atomic E-state index is -0.478. The van der Waals surface area contributed by atoms with E-state index in [1.54, 1.807) is 23.0 Å². The molecule has 0 fully saturated rings. The molecular formula is C24H32N2O4. The topological polar surface area (TPSA) is 59.1 Å². The molecule has 2 aromatic carbocycles. The van der Waals surface area contributed by atoms with Crippen LogP contribution in [0.15, 0.2) is 36.9 Å². The normalized spacial score (nSPS) is 10.6. The Bertz CT molecular complexity index is 915. The van der Waals surface area contributed by atoms with E-state index >= 15 is 0 Å². The Hall–Kier alpha value is -3.02. The van der Waals surface area contributed by atoms with Gasteiger partial charge in [-0.2, -0.15) is 0 Å². The molecule has 0 aliphatic heterocycles. The molecule has 0 aliphatic rings. The van der Waals surface area contributed by atoms with Gasteiger partial charge in [-0.05, 0) is 51.8 Å². The van der Waals surface area contributed by atoms with Crippen LogP contribution in [0.2, 0.25) is 0 Å². The van der Waals surface area contributed by atoms with Gasteiger partial charge in [0.2, 0.25) is 0 Å². The minimum absolute atomic E-state index is 0.163. The summed E-state index contributed by atoms with van der Waals surface area (Å²) in [7, 11) is 1.60. The van der Waals surface area contributed by atoms with Crippen LogP contribution in [0.3, 0.4) is 0 Å². The third-order valence-corrected chi connectivity index (χ3v) is 5.24. The summed E-state index contributed by atoms with van der Waals surface area (Å²) in [4.78, 5) is 29.6. The van der Waals surface area contributed by atoms with E-state index in [1.807, 2.05) is 52.0 Å². The summed E-state index contributed by atoms with van der Waals surface area (Å²) in [6, 6.07) is 7.46. The van der Waals surface area contributed by atoms with Crippen molar-refractivity contribution in [2.75, 3.05) is 33.3 Å². The number of fused-ring (bicyclic) bond motifs is 1. The van der Waals surface area contributed by atoms with Gasteiger partial charge in [0.1, 0.15) is 5.75 Å². The predicted octanol–water partition coefficient (Wildman–Crippen LogP) is 4.90. The molecule has 0 spiro atoms. The van der Waals surface area contributed by atoms with Crippen molar-refractivity contribution in [3.05, 3.63) is 48.0 Å². The lowest BCUT2D eigenvalue weighted by atomic mass is 9.95. The van der Waals surface area contributed by atoms with Gasteiger partial charge in [-0.15, -0.1) is 6.58 Å². The Morgan fingerprint density at radius 2 is 1.63 bits per heavy atom. The molecule has 2 rings (SSSR count). The maximum absolute atomic E-state index is 13.5. The van der Waals surface area contributed by atoms with Gasteiger partial charge in [-0.25, -0.2) is 4.79 Å². The van der Waals surface area contributed by atoms with Gasteiger partial charge in [0.05, 0.1) is 12.7 Å². The summed E-state index contributed by atoms with van der Waals surface area (Å²) in [5.74, 6) is 0.765. The molecule has 2 aromatic rings. The monoisotopic (exact) mass is 412 g/mol. The number of carbonyl (C=O) groups excluding carboxylic acids is 2. The van der Waals surface area contributed by atoms with Crippen molar-refractivity contribution in [1.29, 1.82) is 0 Å². The molecule has 0 saturated heterocycles. The summed E-state index contributed by atoms with van der Waals surface area (Å²) in [6.07, 6.45) is 1.73. The SMILES string of the molecule is C=CCc1cc2c(OC)cccc2c(OC(=O)N(CC)CC)c1C(=O)N(CC)CC. The van der Waals surface area contributed by atoms with E-state index in [0.717, 1.165) is 10.9 Å². The third kappa shape index (κ3) is 4.58. The number of carbonyl (C=O) groups is 2. The van der Waals surface area contributed by atoms with Crippen molar-refractivity contribution in [2.24, 2.45) is 0 Å². The molecule has 2 amide bonds. The molecule has 162 valence electrons. The van der Waals surface area contributed by atoms with Crippen LogP contribution >= 0.6 is 0 Å². The number of methoxy groups -OCH3 is 1. The summed E-state index contributed by atoms with van der Waals surface area (Å²) < 4.78 is 11.4. The quantitative estimate of drug-likeness (QED) is 0.550. The molecule has 6 heteroatoms. The molecule has 0 unspecified atom stereocenters. The molecule has 0 radical (unpaired) electrons. The molecule has 0 aromatic heterocycles. The van der Waals surface area contributed by atoms with Gasteiger partial charge in [-0.3, -0.25) is 4.79 Å². The third-order valence-electron chi connectivity index (χ3n) is 5.24. The Balaban J connectivity index is 2.85. The van der Waals surface area contributed by atoms with E-state index in [-0.39, 0.29) is 11.7 Å². The zero-order valence-corrected chi connectivity index (χ0v) is 18.7. The van der Waals surface area contributed by atoms with Gasteiger partial charge in [-0.1, -0.05) is 18.2 Å². The number of ether oxygens (including phenoxy) is 2. The second-order valence-electron chi connectivity index (χ2n) is 6.81. The van der Waals surface area contributed by atoms with Crippen LogP contribution in [0.5, 0.6) is 11.5 Å². The Kier molecular flexibility index (Phi) is 8.27. The Labute approximate surface area is 179 Å². The minimum Gasteiger partial charge on any atom is -0.496 e. The van der Waals surface area contributed by atoms with Crippen molar-refractivity contribution >= 4 is 22.8 Å². The van der Waals surface area contributed by atoms with E-state index in [2.05, 4.69) is 6.58 Å². The lowest BCUT2D eigenvalue weighted by molar-refractivity contribution is 0.0768. The summed E-state index contributed by atoms with van der Waals surface area (Å²) in [5, 5.41) is 1.45. The molecule has 0 heterocycles. The van der Waals surface area contributed by atoms with Gasteiger partial charge in [0, 0.05) is 37.0 Å². The van der Waals surface area contributed by atoms with Crippen molar-refractivity contribution in [3.63, 3.8) is 0 Å². The molecule has 0 bridgehead atoms. The number of rotatable bonds is 9. The summed E-state index contributed by atoms with van der Waals surface area (Å²) >= 11 is 0. The number of allylic oxidation sites excluding steroid dienone is 1. The number of hydrogen-bond donors (Lipinski definition) is 0. The lowest BCUT2D eigenvalue weighted by Crippen LogP contribution is -2.35. The van der Waals surface area contributed by atoms with Crippen molar-refractivity contribution in [3.8, 4) is 11.5 Å². The van der Waals surface area contributed by atoms with Crippen LogP contribution in [-0.4, -0.2) is 55.1 Å². The van der Waals surface area contributed by atoms with Gasteiger partial charge in [0.15, 0.2) is 5.75 Å². The standard InChI is InChI=1S/C24H32N2O4/c1-7-13-17-16-19-18(14-12-15-20(19)29-6)22(30-24(28)26(10-4)11-5)21(17)23(27)25(8-2)9-3/h7,12,14-16H,1,8-11,13H2,2-6H3. The number of nitrogens with zero attached hydrogens (tertiary/aromatic N) is 2. The van der Waals surface area contributed by atoms with Gasteiger partial charge in [0.25, 0.3) is 5.91 Å². The van der Waals surface area contributed by atoms with Crippen molar-refractivity contribution in [2.45, 2.75) is 34.1 Å². The largest absolute Gasteiger partial charge is 0.496 e. The highest BCUT2D eigenvalue weighted by atomic mass is 16.6. The molecule has 6 nitrogen and oxygen atoms in total. The fourth-order valence-corrected chi connectivity index (χ4v) is 3.56. The van der Waals surface area contributed by atoms with E-state index in [4.69, 9.17) is 9.47 Å². The van der Waals surface area contributed by atoms with Crippen LogP contribution < -0.4 is 9.47 Å². The highest BCUT2D eigenvalue weighted by Gasteiger charge is 2.27. The second-order valence-corrected chi connectivity index (χ2v) is 6.81. The molecular weight excluding hydrogens is 380 g/mol. The number of amides is 2. The first-order valence-corrected chi connectivity index (χ1v) is 10.5. The zero-order chi connectivity index (χ0) is 22.3. The number of hydrogen-bond acceptors (Lipinski definition) is 4. The fraction of sp³-hybridized carbons (Fsp3) is 0.417. The Morgan fingerprint density at radius 3 is 2.17 bits per heavy atom. The summed E-state index contributed by atoms with van der Waals surface area (Å²) in [6.45, 7) is 13.6. The molecule has 0 saturated carbocycles. The molecule has 30 heavy (non-hydrogen) atoms. The second kappa shape index (κ2) is 10.7. The van der Waals surface area contributed by atoms with Crippen LogP contribution in [0, 0.1) is 0 Å². The fourth-order valence-electron chi connectivity index (χ4n) is 3.56. The maximum atomic E-state index is 13.5. The first-order chi connectivity index (χ1) is 14.5. The lowest BCUT2D eigenvalue weighted by Gasteiger charge is -2.25.